The Hall–Kier alpha value is -2.77. The highest BCUT2D eigenvalue weighted by atomic mass is 32.2. The number of fused-ring (bicyclic) bond motifs is 1. The molecule has 1 amide bonds. The van der Waals surface area contributed by atoms with Gasteiger partial charge in [-0.25, -0.2) is 12.8 Å². The average molecular weight is 570 g/mol. The molecule has 2 aromatic rings. The molecule has 1 aromatic carbocycles. The van der Waals surface area contributed by atoms with Crippen molar-refractivity contribution in [1.29, 1.82) is 0 Å². The summed E-state index contributed by atoms with van der Waals surface area (Å²) in [5, 5.41) is 15.5. The third kappa shape index (κ3) is 6.04. The van der Waals surface area contributed by atoms with Crippen LogP contribution in [0, 0.1) is 11.7 Å². The first kappa shape index (κ1) is 27.3. The van der Waals surface area contributed by atoms with Crippen LogP contribution in [0.4, 0.5) is 9.39 Å². The summed E-state index contributed by atoms with van der Waals surface area (Å²) < 4.78 is 66.6. The summed E-state index contributed by atoms with van der Waals surface area (Å²) in [6.45, 7) is 4.14. The number of amidine groups is 1. The second kappa shape index (κ2) is 10.2. The van der Waals surface area contributed by atoms with Crippen molar-refractivity contribution in [3.63, 3.8) is 0 Å². The Morgan fingerprint density at radius 2 is 1.95 bits per heavy atom. The number of sulfone groups is 1. The van der Waals surface area contributed by atoms with Gasteiger partial charge in [0, 0.05) is 25.3 Å². The number of aliphatic hydroxyl groups excluding tert-OH is 1. The maximum absolute atomic E-state index is 13.7. The van der Waals surface area contributed by atoms with Gasteiger partial charge in [0.05, 0.1) is 5.75 Å². The summed E-state index contributed by atoms with van der Waals surface area (Å²) in [6.07, 6.45) is 1.79. The Labute approximate surface area is 219 Å². The molecule has 200 valence electrons. The van der Waals surface area contributed by atoms with Crippen LogP contribution in [0.3, 0.4) is 0 Å². The van der Waals surface area contributed by atoms with E-state index in [1.807, 2.05) is 13.8 Å². The Bertz CT molecular complexity index is 1490. The van der Waals surface area contributed by atoms with Crippen LogP contribution in [0.15, 0.2) is 50.3 Å². The van der Waals surface area contributed by atoms with Crippen molar-refractivity contribution >= 4 is 47.9 Å². The minimum absolute atomic E-state index is 0.00559. The van der Waals surface area contributed by atoms with E-state index in [1.54, 1.807) is 22.4 Å². The van der Waals surface area contributed by atoms with E-state index in [1.165, 1.54) is 12.1 Å². The first-order valence-corrected chi connectivity index (χ1v) is 16.0. The molecule has 0 saturated heterocycles. The zero-order chi connectivity index (χ0) is 27.1. The molecule has 3 heterocycles. The topological polar surface area (TPSA) is 133 Å². The Kier molecular flexibility index (Phi) is 7.50. The van der Waals surface area contributed by atoms with Gasteiger partial charge in [-0.3, -0.25) is 4.79 Å². The molecule has 2 N–H and O–H groups in total. The van der Waals surface area contributed by atoms with E-state index >= 15 is 0 Å². The molecule has 0 fully saturated rings. The largest absolute Gasteiger partial charge is 0.511 e. The van der Waals surface area contributed by atoms with Crippen LogP contribution >= 0.6 is 11.3 Å². The second-order valence-electron chi connectivity index (χ2n) is 9.71. The molecule has 4 rings (SSSR count). The van der Waals surface area contributed by atoms with E-state index < -0.39 is 31.6 Å². The van der Waals surface area contributed by atoms with Crippen molar-refractivity contribution in [2.75, 3.05) is 17.3 Å². The number of aryl methyl sites for hydroxylation is 1. The van der Waals surface area contributed by atoms with Crippen molar-refractivity contribution in [3.8, 4) is 0 Å². The number of thiophene rings is 1. The summed E-state index contributed by atoms with van der Waals surface area (Å²) in [7, 11) is -7.59. The fourth-order valence-electron chi connectivity index (χ4n) is 4.47. The van der Waals surface area contributed by atoms with Crippen molar-refractivity contribution in [2.45, 2.75) is 50.6 Å². The molecule has 2 aliphatic heterocycles. The third-order valence-corrected chi connectivity index (χ3v) is 9.56. The fourth-order valence-corrected chi connectivity index (χ4v) is 7.73. The number of benzene rings is 1. The molecule has 0 saturated carbocycles. The third-order valence-electron chi connectivity index (χ3n) is 6.14. The number of nitrogens with zero attached hydrogens (tertiary/aromatic N) is 2. The first-order valence-electron chi connectivity index (χ1n) is 11.6. The zero-order valence-corrected chi connectivity index (χ0v) is 23.0. The van der Waals surface area contributed by atoms with Gasteiger partial charge in [-0.1, -0.05) is 26.0 Å². The lowest BCUT2D eigenvalue weighted by Gasteiger charge is -2.38. The van der Waals surface area contributed by atoms with Gasteiger partial charge in [-0.15, -0.1) is 15.7 Å². The summed E-state index contributed by atoms with van der Waals surface area (Å²) in [4.78, 5) is 15.1. The minimum atomic E-state index is -4.27. The molecule has 1 atom stereocenters. The first-order chi connectivity index (χ1) is 17.2. The molecule has 0 bridgehead atoms. The Morgan fingerprint density at radius 1 is 1.27 bits per heavy atom. The molecule has 1 aromatic heterocycles. The number of anilines is 1. The van der Waals surface area contributed by atoms with Gasteiger partial charge in [0.15, 0.2) is 5.84 Å². The van der Waals surface area contributed by atoms with E-state index in [9.17, 15) is 31.1 Å². The number of carbonyl (C=O) groups is 1. The van der Waals surface area contributed by atoms with E-state index in [0.717, 1.165) is 17.6 Å². The predicted molar refractivity (Wildman–Crippen MR) is 140 cm³/mol. The second-order valence-corrected chi connectivity index (χ2v) is 14.4. The highest BCUT2D eigenvalue weighted by Crippen LogP contribution is 2.39. The highest BCUT2D eigenvalue weighted by Gasteiger charge is 2.40. The van der Waals surface area contributed by atoms with Gasteiger partial charge in [0.2, 0.25) is 0 Å². The lowest BCUT2D eigenvalue weighted by atomic mass is 9.92. The van der Waals surface area contributed by atoms with E-state index in [0.29, 0.717) is 17.5 Å². The van der Waals surface area contributed by atoms with Gasteiger partial charge >= 0.3 is 0 Å². The van der Waals surface area contributed by atoms with Crippen molar-refractivity contribution in [1.82, 2.24) is 4.90 Å². The fraction of sp³-hybridized carbons (Fsp3) is 0.417. The number of sulfonamides is 1. The quantitative estimate of drug-likeness (QED) is 0.496. The lowest BCUT2D eigenvalue weighted by Crippen LogP contribution is -2.47. The molecule has 1 unspecified atom stereocenters. The molecule has 2 aliphatic rings. The van der Waals surface area contributed by atoms with E-state index in [-0.39, 0.29) is 64.2 Å². The van der Waals surface area contributed by atoms with Gasteiger partial charge in [0.25, 0.3) is 15.9 Å². The lowest BCUT2D eigenvalue weighted by molar-refractivity contribution is -0.131. The molecule has 13 heteroatoms. The Morgan fingerprint density at radius 3 is 2.57 bits per heavy atom. The van der Waals surface area contributed by atoms with Crippen molar-refractivity contribution in [3.05, 3.63) is 57.9 Å². The summed E-state index contributed by atoms with van der Waals surface area (Å²) in [5.74, 6) is -1.53. The minimum Gasteiger partial charge on any atom is -0.511 e. The summed E-state index contributed by atoms with van der Waals surface area (Å²) in [6, 6.07) is 5.40. The number of nitrogens with one attached hydrogen (secondary N) is 1. The van der Waals surface area contributed by atoms with E-state index in [4.69, 9.17) is 0 Å². The van der Waals surface area contributed by atoms with Crippen LogP contribution in [0.25, 0.3) is 0 Å². The zero-order valence-electron chi connectivity index (χ0n) is 20.6. The maximum Gasteiger partial charge on any atom is 0.287 e. The van der Waals surface area contributed by atoms with Gasteiger partial charge < -0.3 is 15.3 Å². The summed E-state index contributed by atoms with van der Waals surface area (Å²) in [5.41, 5.74) is 0.776. The number of hydrogen-bond acceptors (Lipinski definition) is 8. The number of aliphatic hydroxyl groups is 1. The van der Waals surface area contributed by atoms with Crippen LogP contribution < -0.4 is 5.32 Å². The van der Waals surface area contributed by atoms with Gasteiger partial charge in [-0.05, 0) is 47.4 Å². The van der Waals surface area contributed by atoms with Crippen LogP contribution in [0.2, 0.25) is 0 Å². The van der Waals surface area contributed by atoms with Gasteiger partial charge in [-0.2, -0.15) is 8.42 Å². The van der Waals surface area contributed by atoms with Crippen LogP contribution in [-0.2, 0) is 37.6 Å². The molecule has 0 radical (unpaired) electrons. The standard InChI is InChI=1S/C24H28FN3O6S3/c1-14(2)10-18-11-19(29)20(24(30)28(18)12-15-4-6-17(25)7-5-15)22-26-23-21(37(33,34)27-22)16(13-35-23)8-9-36(3,31)32/h4-7,13-14,18,29H,8-12H2,1-3H3,(H,26,27). The highest BCUT2D eigenvalue weighted by molar-refractivity contribution is 7.91. The number of halogens is 1. The Balaban J connectivity index is 1.69. The van der Waals surface area contributed by atoms with E-state index in [2.05, 4.69) is 9.71 Å². The predicted octanol–water partition coefficient (Wildman–Crippen LogP) is 3.65. The van der Waals surface area contributed by atoms with Crippen LogP contribution in [0.5, 0.6) is 0 Å². The number of rotatable bonds is 8. The van der Waals surface area contributed by atoms with Crippen molar-refractivity contribution < 1.29 is 31.1 Å². The number of amides is 1. The normalized spacial score (nSPS) is 19.6. The molecular weight excluding hydrogens is 541 g/mol. The molecular formula is C24H28FN3O6S3. The monoisotopic (exact) mass is 569 g/mol. The van der Waals surface area contributed by atoms with Crippen LogP contribution in [-0.4, -0.2) is 56.6 Å². The maximum atomic E-state index is 13.7. The summed E-state index contributed by atoms with van der Waals surface area (Å²) >= 11 is 1.06. The van der Waals surface area contributed by atoms with Gasteiger partial charge in [0.1, 0.15) is 36.9 Å². The average Bonchev–Trinajstić information content (AvgIpc) is 3.19. The molecule has 0 spiro atoms. The molecule has 9 nitrogen and oxygen atoms in total. The molecule has 0 aliphatic carbocycles. The van der Waals surface area contributed by atoms with Crippen LogP contribution in [0.1, 0.15) is 37.8 Å². The van der Waals surface area contributed by atoms with Crippen molar-refractivity contribution in [2.24, 2.45) is 10.3 Å². The molecule has 37 heavy (non-hydrogen) atoms. The number of carbonyl (C=O) groups excluding carboxylic acids is 1. The SMILES string of the molecule is CC(C)CC1CC(O)=C(C2=NS(=O)(=O)c3c(CCS(C)(=O)=O)csc3N2)C(=O)N1Cc1ccc(F)cc1. The number of hydrogen-bond donors (Lipinski definition) is 2. The smallest absolute Gasteiger partial charge is 0.287 e.